The van der Waals surface area contributed by atoms with Crippen LogP contribution < -0.4 is 9.04 Å². The summed E-state index contributed by atoms with van der Waals surface area (Å²) in [5.41, 5.74) is 2.19. The van der Waals surface area contributed by atoms with E-state index in [-0.39, 0.29) is 35.0 Å². The van der Waals surface area contributed by atoms with Crippen LogP contribution >= 0.6 is 11.6 Å². The van der Waals surface area contributed by atoms with E-state index in [0.717, 1.165) is 72.3 Å². The molecule has 2 heterocycles. The van der Waals surface area contributed by atoms with Gasteiger partial charge in [0.15, 0.2) is 5.76 Å². The third kappa shape index (κ3) is 8.77. The standard InChI is InChI=1S/C41H51ClN4O6SSi/c1-6-7-19-37-43-41(22-13-14-23-41)40(47)45(37)27-31-20-21-34(32(26-31)28-51-33-15-9-8-10-16-33)35-17-11-12-18-36(35)53(48,49)46(29-50-24-25-54(3,4)5)39-38(42)30(2)52-44-39/h8-12,15-18,20-21,26H,6-7,13-14,19,22-25,27-29H2,1-5H3. The van der Waals surface area contributed by atoms with Gasteiger partial charge in [-0.1, -0.05) is 111 Å². The lowest BCUT2D eigenvalue weighted by Crippen LogP contribution is -2.40. The number of amides is 1. The molecule has 1 aliphatic heterocycles. The molecule has 0 unspecified atom stereocenters. The Hall–Kier alpha value is -3.97. The van der Waals surface area contributed by atoms with Gasteiger partial charge in [0.2, 0.25) is 5.82 Å². The summed E-state index contributed by atoms with van der Waals surface area (Å²) >= 11 is 6.58. The van der Waals surface area contributed by atoms with Crippen LogP contribution in [0.2, 0.25) is 30.7 Å². The van der Waals surface area contributed by atoms with Crippen LogP contribution in [-0.2, 0) is 32.7 Å². The number of amidine groups is 1. The fraction of sp³-hybridized carbons (Fsp3) is 0.439. The number of benzene rings is 3. The minimum atomic E-state index is -4.30. The van der Waals surface area contributed by atoms with Crippen molar-refractivity contribution < 1.29 is 27.2 Å². The summed E-state index contributed by atoms with van der Waals surface area (Å²) < 4.78 is 48.2. The summed E-state index contributed by atoms with van der Waals surface area (Å²) in [6.45, 7) is 11.1. The number of nitrogens with zero attached hydrogens (tertiary/aromatic N) is 4. The normalized spacial score (nSPS) is 15.6. The van der Waals surface area contributed by atoms with Gasteiger partial charge in [-0.15, -0.1) is 0 Å². The molecule has 1 fully saturated rings. The van der Waals surface area contributed by atoms with Gasteiger partial charge in [0.05, 0.1) is 11.4 Å². The molecule has 13 heteroatoms. The lowest BCUT2D eigenvalue weighted by atomic mass is 9.96. The van der Waals surface area contributed by atoms with Gasteiger partial charge in [-0.2, -0.15) is 0 Å². The van der Waals surface area contributed by atoms with Crippen molar-refractivity contribution in [1.29, 1.82) is 0 Å². The van der Waals surface area contributed by atoms with E-state index in [1.54, 1.807) is 25.1 Å². The lowest BCUT2D eigenvalue weighted by Gasteiger charge is -2.25. The van der Waals surface area contributed by atoms with E-state index in [1.165, 1.54) is 0 Å². The first-order valence-corrected chi connectivity index (χ1v) is 24.4. The first kappa shape index (κ1) is 39.7. The Morgan fingerprint density at radius 2 is 1.72 bits per heavy atom. The van der Waals surface area contributed by atoms with Crippen LogP contribution in [0.4, 0.5) is 5.82 Å². The molecule has 6 rings (SSSR count). The van der Waals surface area contributed by atoms with E-state index in [2.05, 4.69) is 31.7 Å². The highest BCUT2D eigenvalue weighted by Gasteiger charge is 2.49. The second-order valence-electron chi connectivity index (χ2n) is 15.4. The predicted octanol–water partition coefficient (Wildman–Crippen LogP) is 9.63. The lowest BCUT2D eigenvalue weighted by molar-refractivity contribution is -0.131. The largest absolute Gasteiger partial charge is 0.489 e. The number of para-hydroxylation sites is 1. The molecule has 1 aliphatic carbocycles. The molecular weight excluding hydrogens is 740 g/mol. The van der Waals surface area contributed by atoms with Crippen molar-refractivity contribution >= 4 is 47.3 Å². The van der Waals surface area contributed by atoms with Gasteiger partial charge in [-0.25, -0.2) is 12.7 Å². The zero-order valence-corrected chi connectivity index (χ0v) is 34.5. The summed E-state index contributed by atoms with van der Waals surface area (Å²) in [7, 11) is -5.75. The number of aliphatic imine (C=N–C) groups is 1. The van der Waals surface area contributed by atoms with Crippen LogP contribution in [-0.4, -0.2) is 57.2 Å². The summed E-state index contributed by atoms with van der Waals surface area (Å²) in [4.78, 5) is 21.0. The number of aryl methyl sites for hydroxylation is 1. The van der Waals surface area contributed by atoms with Crippen molar-refractivity contribution in [1.82, 2.24) is 10.1 Å². The molecule has 2 aliphatic rings. The quantitative estimate of drug-likeness (QED) is 0.0595. The molecule has 0 saturated heterocycles. The fourth-order valence-electron chi connectivity index (χ4n) is 6.99. The zero-order valence-electron chi connectivity index (χ0n) is 31.9. The van der Waals surface area contributed by atoms with E-state index >= 15 is 0 Å². The highest BCUT2D eigenvalue weighted by molar-refractivity contribution is 7.93. The first-order chi connectivity index (χ1) is 25.8. The van der Waals surface area contributed by atoms with Crippen LogP contribution in [0.1, 0.15) is 68.8 Å². The molecule has 10 nitrogen and oxygen atoms in total. The number of sulfonamides is 1. The van der Waals surface area contributed by atoms with Crippen LogP contribution in [0.25, 0.3) is 11.1 Å². The van der Waals surface area contributed by atoms with Crippen molar-refractivity contribution in [2.45, 2.75) is 108 Å². The number of aromatic nitrogens is 1. The molecule has 0 radical (unpaired) electrons. The predicted molar refractivity (Wildman–Crippen MR) is 216 cm³/mol. The number of unbranched alkanes of at least 4 members (excludes halogenated alkanes) is 1. The van der Waals surface area contributed by atoms with E-state index in [1.807, 2.05) is 59.5 Å². The molecular formula is C41H51ClN4O6SSi. The molecule has 0 atom stereocenters. The Kier molecular flexibility index (Phi) is 12.4. The third-order valence-electron chi connectivity index (χ3n) is 10.1. The van der Waals surface area contributed by atoms with Crippen molar-refractivity contribution in [2.75, 3.05) is 17.6 Å². The van der Waals surface area contributed by atoms with Crippen molar-refractivity contribution in [3.8, 4) is 16.9 Å². The minimum Gasteiger partial charge on any atom is -0.489 e. The van der Waals surface area contributed by atoms with Gasteiger partial charge in [0.1, 0.15) is 35.5 Å². The Labute approximate surface area is 325 Å². The number of hydrogen-bond acceptors (Lipinski definition) is 8. The minimum absolute atomic E-state index is 0.0317. The van der Waals surface area contributed by atoms with Gasteiger partial charge < -0.3 is 14.0 Å². The molecule has 3 aromatic carbocycles. The highest BCUT2D eigenvalue weighted by Crippen LogP contribution is 2.41. The Bertz CT molecular complexity index is 2080. The van der Waals surface area contributed by atoms with Crippen molar-refractivity contribution in [3.63, 3.8) is 0 Å². The molecule has 288 valence electrons. The molecule has 1 amide bonds. The monoisotopic (exact) mass is 790 g/mol. The molecule has 1 spiro atoms. The van der Waals surface area contributed by atoms with E-state index in [0.29, 0.717) is 35.8 Å². The number of carbonyl (C=O) groups excluding carboxylic acids is 1. The smallest absolute Gasteiger partial charge is 0.268 e. The average molecular weight is 791 g/mol. The Morgan fingerprint density at radius 3 is 2.41 bits per heavy atom. The van der Waals surface area contributed by atoms with Gasteiger partial charge in [0, 0.05) is 26.7 Å². The summed E-state index contributed by atoms with van der Waals surface area (Å²) in [5, 5.41) is 4.14. The maximum absolute atomic E-state index is 14.8. The highest BCUT2D eigenvalue weighted by atomic mass is 35.5. The molecule has 1 saturated carbocycles. The number of ether oxygens (including phenoxy) is 2. The molecule has 0 N–H and O–H groups in total. The topological polar surface area (TPSA) is 115 Å². The Morgan fingerprint density at radius 1 is 1.00 bits per heavy atom. The number of hydrogen-bond donors (Lipinski definition) is 0. The molecule has 54 heavy (non-hydrogen) atoms. The van der Waals surface area contributed by atoms with Gasteiger partial charge in [-0.3, -0.25) is 14.7 Å². The summed E-state index contributed by atoms with van der Waals surface area (Å²) in [6.07, 6.45) is 6.31. The molecule has 1 aromatic heterocycles. The summed E-state index contributed by atoms with van der Waals surface area (Å²) in [6, 6.07) is 23.1. The van der Waals surface area contributed by atoms with E-state index in [4.69, 9.17) is 30.6 Å². The number of rotatable bonds is 17. The van der Waals surface area contributed by atoms with Crippen LogP contribution in [0.3, 0.4) is 0 Å². The number of halogens is 1. The third-order valence-corrected chi connectivity index (χ3v) is 14.0. The number of carbonyl (C=O) groups is 1. The van der Waals surface area contributed by atoms with Gasteiger partial charge >= 0.3 is 0 Å². The number of anilines is 1. The second-order valence-corrected chi connectivity index (χ2v) is 23.3. The molecule has 4 aromatic rings. The van der Waals surface area contributed by atoms with Crippen LogP contribution in [0.15, 0.2) is 87.2 Å². The van der Waals surface area contributed by atoms with E-state index in [9.17, 15) is 13.2 Å². The maximum atomic E-state index is 14.8. The van der Waals surface area contributed by atoms with Gasteiger partial charge in [-0.05, 0) is 73.2 Å². The maximum Gasteiger partial charge on any atom is 0.268 e. The average Bonchev–Trinajstić information content (AvgIpc) is 3.84. The Balaban J connectivity index is 1.38. The van der Waals surface area contributed by atoms with Crippen molar-refractivity contribution in [2.24, 2.45) is 4.99 Å². The van der Waals surface area contributed by atoms with Crippen LogP contribution in [0, 0.1) is 6.92 Å². The zero-order chi connectivity index (χ0) is 38.5. The SMILES string of the molecule is CCCCC1=NC2(CCCC2)C(=O)N1Cc1ccc(-c2ccccc2S(=O)(=O)N(COCC[Si](C)(C)C)c2noc(C)c2Cl)c(COc2ccccc2)c1. The van der Waals surface area contributed by atoms with Crippen molar-refractivity contribution in [3.05, 3.63) is 94.7 Å². The molecule has 0 bridgehead atoms. The second kappa shape index (κ2) is 16.8. The van der Waals surface area contributed by atoms with Crippen LogP contribution in [0.5, 0.6) is 5.75 Å². The fourth-order valence-corrected chi connectivity index (χ4v) is 9.48. The van der Waals surface area contributed by atoms with Gasteiger partial charge in [0.25, 0.3) is 15.9 Å². The summed E-state index contributed by atoms with van der Waals surface area (Å²) in [5.74, 6) is 1.90. The first-order valence-electron chi connectivity index (χ1n) is 18.8. The van der Waals surface area contributed by atoms with E-state index < -0.39 is 23.6 Å².